The third kappa shape index (κ3) is 4.80. The highest BCUT2D eigenvalue weighted by atomic mass is 32.2. The Kier molecular flexibility index (Phi) is 6.55. The maximum Gasteiger partial charge on any atom is 0.226 e. The molecule has 0 saturated heterocycles. The van der Waals surface area contributed by atoms with Crippen molar-refractivity contribution >= 4 is 50.2 Å². The minimum atomic E-state index is -0.180. The van der Waals surface area contributed by atoms with Crippen LogP contribution in [0.1, 0.15) is 23.1 Å². The number of aromatic nitrogens is 2. The second-order valence-corrected chi connectivity index (χ2v) is 9.26. The number of carbonyl (C=O) groups is 1. The maximum absolute atomic E-state index is 12.4. The lowest BCUT2D eigenvalue weighted by molar-refractivity contribution is -0.115. The molecule has 0 atom stereocenters. The van der Waals surface area contributed by atoms with E-state index < -0.39 is 0 Å². The molecule has 1 amide bonds. The molecule has 3 N–H and O–H groups in total. The highest BCUT2D eigenvalue weighted by Gasteiger charge is 2.20. The summed E-state index contributed by atoms with van der Waals surface area (Å²) in [6, 6.07) is 19.5. The van der Waals surface area contributed by atoms with Crippen molar-refractivity contribution in [3.8, 4) is 23.3 Å². The van der Waals surface area contributed by atoms with E-state index in [9.17, 15) is 15.3 Å². The third-order valence-corrected chi connectivity index (χ3v) is 6.79. The number of para-hydroxylation sites is 1. The van der Waals surface area contributed by atoms with Crippen molar-refractivity contribution in [2.75, 3.05) is 16.8 Å². The Bertz CT molecular complexity index is 1400. The zero-order chi connectivity index (χ0) is 23.4. The van der Waals surface area contributed by atoms with Crippen molar-refractivity contribution in [1.29, 1.82) is 10.5 Å². The SMILES string of the molecule is Cc1ccc(-c2c(C#N)c(N)nc(SCCC(=O)Nc3nc4ccccc4s3)c2C#N)cc1. The van der Waals surface area contributed by atoms with Gasteiger partial charge in [0.25, 0.3) is 0 Å². The summed E-state index contributed by atoms with van der Waals surface area (Å²) in [5.74, 6) is 0.269. The second kappa shape index (κ2) is 9.70. The van der Waals surface area contributed by atoms with Gasteiger partial charge in [-0.25, -0.2) is 9.97 Å². The number of anilines is 2. The number of hydrogen-bond donors (Lipinski definition) is 2. The number of nitrogens with zero attached hydrogens (tertiary/aromatic N) is 4. The molecule has 9 heteroatoms. The molecule has 0 saturated carbocycles. The topological polar surface area (TPSA) is 128 Å². The molecular formula is C24H18N6OS2. The molecule has 0 unspecified atom stereocenters. The number of thioether (sulfide) groups is 1. The largest absolute Gasteiger partial charge is 0.383 e. The molecule has 33 heavy (non-hydrogen) atoms. The van der Waals surface area contributed by atoms with E-state index in [1.54, 1.807) is 0 Å². The third-order valence-electron chi connectivity index (χ3n) is 4.86. The summed E-state index contributed by atoms with van der Waals surface area (Å²) in [7, 11) is 0. The van der Waals surface area contributed by atoms with Gasteiger partial charge in [-0.05, 0) is 24.6 Å². The summed E-state index contributed by atoms with van der Waals surface area (Å²) >= 11 is 2.68. The van der Waals surface area contributed by atoms with Gasteiger partial charge in [-0.3, -0.25) is 4.79 Å². The number of aryl methyl sites for hydroxylation is 1. The van der Waals surface area contributed by atoms with Gasteiger partial charge in [0, 0.05) is 17.7 Å². The Balaban J connectivity index is 1.52. The standard InChI is InChI=1S/C24H18N6OS2/c1-14-6-8-15(9-7-14)21-16(12-25)22(27)30-23(17(21)13-26)32-11-10-20(31)29-24-28-18-4-2-3-5-19(18)33-24/h2-9H,10-11H2,1H3,(H2,27,30)(H,28,29,31). The Labute approximate surface area is 198 Å². The van der Waals surface area contributed by atoms with E-state index in [1.165, 1.54) is 23.1 Å². The molecule has 2 heterocycles. The number of nitrogens with one attached hydrogen (secondary N) is 1. The fraction of sp³-hybridized carbons (Fsp3) is 0.125. The van der Waals surface area contributed by atoms with Crippen LogP contribution in [0.25, 0.3) is 21.3 Å². The van der Waals surface area contributed by atoms with Crippen LogP contribution in [-0.4, -0.2) is 21.6 Å². The summed E-state index contributed by atoms with van der Waals surface area (Å²) < 4.78 is 1.00. The van der Waals surface area contributed by atoms with E-state index in [-0.39, 0.29) is 29.3 Å². The molecule has 2 aromatic heterocycles. The van der Waals surface area contributed by atoms with Gasteiger partial charge in [0.05, 0.1) is 15.8 Å². The summed E-state index contributed by atoms with van der Waals surface area (Å²) in [6.45, 7) is 1.96. The Morgan fingerprint density at radius 2 is 1.82 bits per heavy atom. The first-order valence-corrected chi connectivity index (χ1v) is 11.8. The summed E-state index contributed by atoms with van der Waals surface area (Å²) in [6.07, 6.45) is 0.201. The average Bonchev–Trinajstić information content (AvgIpc) is 3.21. The van der Waals surface area contributed by atoms with Crippen molar-refractivity contribution in [2.24, 2.45) is 0 Å². The zero-order valence-electron chi connectivity index (χ0n) is 17.6. The van der Waals surface area contributed by atoms with Crippen molar-refractivity contribution in [1.82, 2.24) is 9.97 Å². The van der Waals surface area contributed by atoms with Gasteiger partial charge in [-0.15, -0.1) is 11.8 Å². The quantitative estimate of drug-likeness (QED) is 0.374. The first-order chi connectivity index (χ1) is 16.0. The first-order valence-electron chi connectivity index (χ1n) is 9.99. The van der Waals surface area contributed by atoms with E-state index in [2.05, 4.69) is 27.4 Å². The van der Waals surface area contributed by atoms with Crippen LogP contribution < -0.4 is 11.1 Å². The molecule has 0 aliphatic rings. The average molecular weight is 471 g/mol. The lowest BCUT2D eigenvalue weighted by Gasteiger charge is -2.13. The summed E-state index contributed by atoms with van der Waals surface area (Å²) in [5.41, 5.74) is 9.59. The number of fused-ring (bicyclic) bond motifs is 1. The lowest BCUT2D eigenvalue weighted by atomic mass is 9.96. The summed E-state index contributed by atoms with van der Waals surface area (Å²) in [4.78, 5) is 21.1. The number of rotatable bonds is 6. The Morgan fingerprint density at radius 3 is 2.52 bits per heavy atom. The number of nitrogens with two attached hydrogens (primary N) is 1. The van der Waals surface area contributed by atoms with Crippen LogP contribution in [0, 0.1) is 29.6 Å². The van der Waals surface area contributed by atoms with Crippen LogP contribution in [0.15, 0.2) is 53.6 Å². The molecule has 0 aliphatic carbocycles. The van der Waals surface area contributed by atoms with Crippen LogP contribution in [0.5, 0.6) is 0 Å². The monoisotopic (exact) mass is 470 g/mol. The number of carbonyl (C=O) groups excluding carboxylic acids is 1. The van der Waals surface area contributed by atoms with Crippen LogP contribution in [0.3, 0.4) is 0 Å². The number of hydrogen-bond acceptors (Lipinski definition) is 8. The summed E-state index contributed by atoms with van der Waals surface area (Å²) in [5, 5.41) is 23.3. The number of pyridine rings is 1. The predicted octanol–water partition coefficient (Wildman–Crippen LogP) is 5.11. The molecule has 4 rings (SSSR count). The molecule has 2 aromatic carbocycles. The van der Waals surface area contributed by atoms with Crippen LogP contribution >= 0.6 is 23.1 Å². The minimum absolute atomic E-state index is 0.0634. The molecule has 162 valence electrons. The maximum atomic E-state index is 12.4. The van der Waals surface area contributed by atoms with E-state index >= 15 is 0 Å². The molecule has 4 aromatic rings. The van der Waals surface area contributed by atoms with Gasteiger partial charge < -0.3 is 11.1 Å². The van der Waals surface area contributed by atoms with Gasteiger partial charge in [-0.2, -0.15) is 10.5 Å². The van der Waals surface area contributed by atoms with E-state index in [0.29, 0.717) is 21.5 Å². The second-order valence-electron chi connectivity index (χ2n) is 7.15. The van der Waals surface area contributed by atoms with E-state index in [0.717, 1.165) is 21.3 Å². The Hall–Kier alpha value is -3.92. The number of nitriles is 2. The van der Waals surface area contributed by atoms with Gasteiger partial charge in [0.1, 0.15) is 28.5 Å². The highest BCUT2D eigenvalue weighted by Crippen LogP contribution is 2.36. The Morgan fingerprint density at radius 1 is 1.09 bits per heavy atom. The molecular weight excluding hydrogens is 452 g/mol. The molecule has 7 nitrogen and oxygen atoms in total. The normalized spacial score (nSPS) is 10.5. The van der Waals surface area contributed by atoms with Crippen LogP contribution in [0.2, 0.25) is 0 Å². The van der Waals surface area contributed by atoms with Gasteiger partial charge >= 0.3 is 0 Å². The van der Waals surface area contributed by atoms with Crippen molar-refractivity contribution in [3.05, 3.63) is 65.2 Å². The van der Waals surface area contributed by atoms with Gasteiger partial charge in [0.15, 0.2) is 5.13 Å². The van der Waals surface area contributed by atoms with Crippen molar-refractivity contribution in [3.63, 3.8) is 0 Å². The van der Waals surface area contributed by atoms with Crippen molar-refractivity contribution in [2.45, 2.75) is 18.4 Å². The molecule has 0 spiro atoms. The zero-order valence-corrected chi connectivity index (χ0v) is 19.3. The number of thiazole rings is 1. The predicted molar refractivity (Wildman–Crippen MR) is 132 cm³/mol. The highest BCUT2D eigenvalue weighted by molar-refractivity contribution is 7.99. The first kappa shape index (κ1) is 22.3. The smallest absolute Gasteiger partial charge is 0.226 e. The van der Waals surface area contributed by atoms with Gasteiger partial charge in [-0.1, -0.05) is 53.3 Å². The minimum Gasteiger partial charge on any atom is -0.383 e. The fourth-order valence-electron chi connectivity index (χ4n) is 3.26. The lowest BCUT2D eigenvalue weighted by Crippen LogP contribution is -2.12. The number of nitrogen functional groups attached to an aromatic ring is 1. The van der Waals surface area contributed by atoms with Crippen LogP contribution in [-0.2, 0) is 4.79 Å². The molecule has 0 aliphatic heterocycles. The van der Waals surface area contributed by atoms with E-state index in [4.69, 9.17) is 5.73 Å². The fourth-order valence-corrected chi connectivity index (χ4v) is 5.08. The molecule has 0 radical (unpaired) electrons. The van der Waals surface area contributed by atoms with Gasteiger partial charge in [0.2, 0.25) is 5.91 Å². The number of benzene rings is 2. The van der Waals surface area contributed by atoms with Crippen molar-refractivity contribution < 1.29 is 4.79 Å². The number of amides is 1. The molecule has 0 fully saturated rings. The van der Waals surface area contributed by atoms with E-state index in [1.807, 2.05) is 55.5 Å². The molecule has 0 bridgehead atoms. The van der Waals surface area contributed by atoms with Crippen LogP contribution in [0.4, 0.5) is 10.9 Å².